The smallest absolute Gasteiger partial charge is 0.352 e. The van der Waals surface area contributed by atoms with Crippen LogP contribution in [0.15, 0.2) is 76.6 Å². The number of aromatic nitrogens is 4. The van der Waals surface area contributed by atoms with Gasteiger partial charge in [0.1, 0.15) is 23.4 Å². The molecule has 3 aromatic carbocycles. The number of carbonyl (C=O) groups is 3. The number of imide groups is 1. The summed E-state index contributed by atoms with van der Waals surface area (Å²) >= 11 is 0. The second kappa shape index (κ2) is 13.6. The lowest BCUT2D eigenvalue weighted by Crippen LogP contribution is -2.45. The lowest BCUT2D eigenvalue weighted by Gasteiger charge is -2.38. The summed E-state index contributed by atoms with van der Waals surface area (Å²) in [6.45, 7) is 3.55. The van der Waals surface area contributed by atoms with Gasteiger partial charge in [0.05, 0.1) is 54.0 Å². The predicted molar refractivity (Wildman–Crippen MR) is 216 cm³/mol. The van der Waals surface area contributed by atoms with Crippen LogP contribution in [0, 0.1) is 5.92 Å². The lowest BCUT2D eigenvalue weighted by atomic mass is 9.97. The third-order valence-electron chi connectivity index (χ3n) is 11.8. The number of amides is 3. The first-order valence-corrected chi connectivity index (χ1v) is 19.1. The molecule has 1 unspecified atom stereocenters. The first kappa shape index (κ1) is 37.7. The molecule has 16 heteroatoms. The minimum atomic E-state index is -3.90. The highest BCUT2D eigenvalue weighted by atomic mass is 19.3. The van der Waals surface area contributed by atoms with E-state index < -0.39 is 40.9 Å². The van der Waals surface area contributed by atoms with Gasteiger partial charge in [-0.15, -0.1) is 0 Å². The Hall–Kier alpha value is -6.84. The van der Waals surface area contributed by atoms with Crippen LogP contribution in [0.1, 0.15) is 36.9 Å². The van der Waals surface area contributed by atoms with Gasteiger partial charge in [-0.3, -0.25) is 33.6 Å². The minimum Gasteiger partial charge on any atom is -0.496 e. The topological polar surface area (TPSA) is 150 Å². The number of imidazole rings is 1. The Morgan fingerprint density at radius 1 is 0.898 bits per heavy atom. The van der Waals surface area contributed by atoms with Crippen molar-refractivity contribution in [2.45, 2.75) is 38.3 Å². The number of pyridine rings is 2. The van der Waals surface area contributed by atoms with Crippen molar-refractivity contribution in [1.82, 2.24) is 24.0 Å². The third kappa shape index (κ3) is 5.79. The third-order valence-corrected chi connectivity index (χ3v) is 11.8. The summed E-state index contributed by atoms with van der Waals surface area (Å²) in [4.78, 5) is 72.7. The van der Waals surface area contributed by atoms with Gasteiger partial charge in [-0.1, -0.05) is 25.1 Å². The van der Waals surface area contributed by atoms with E-state index in [0.29, 0.717) is 55.5 Å². The van der Waals surface area contributed by atoms with E-state index in [2.05, 4.69) is 22.1 Å². The van der Waals surface area contributed by atoms with Crippen LogP contribution in [0.5, 0.6) is 11.5 Å². The molecular weight excluding hydrogens is 765 g/mol. The zero-order valence-corrected chi connectivity index (χ0v) is 32.8. The number of rotatable bonds is 8. The number of para-hydroxylation sites is 1. The first-order valence-electron chi connectivity index (χ1n) is 19.1. The van der Waals surface area contributed by atoms with E-state index in [1.165, 1.54) is 47.1 Å². The number of hydrogen-bond acceptors (Lipinski definition) is 9. The maximum absolute atomic E-state index is 16.1. The highest BCUT2D eigenvalue weighted by molar-refractivity contribution is 6.07. The summed E-state index contributed by atoms with van der Waals surface area (Å²) < 4.78 is 48.1. The molecule has 1 atom stereocenters. The van der Waals surface area contributed by atoms with E-state index in [0.717, 1.165) is 23.8 Å². The molecule has 0 spiro atoms. The number of halogens is 2. The standard InChI is InChI=1S/C43H39F2N7O7/c1-22-18-50(19-22)36-16-26-27(17-46-36)40(55)48(2)20-28(26)24-14-34(58-4)29(35(15-24)59-5)21-51-31-10-9-23(13-30(31)43(44,45)41(51)56)25-7-6-8-32-38(25)49(3)42(57)52(32)33-11-12-37(53)47-39(33)54/h6-10,13-17,20,22,33H,11-12,18-19,21H2,1-5H3,(H,47,53,54). The van der Waals surface area contributed by atoms with Gasteiger partial charge in [0, 0.05) is 62.5 Å². The molecule has 0 saturated carbocycles. The molecule has 3 aliphatic rings. The first-order chi connectivity index (χ1) is 28.2. The Bertz CT molecular complexity index is 2900. The van der Waals surface area contributed by atoms with Gasteiger partial charge in [-0.05, 0) is 59.9 Å². The maximum Gasteiger partial charge on any atom is 0.352 e. The highest BCUT2D eigenvalue weighted by Gasteiger charge is 2.53. The van der Waals surface area contributed by atoms with E-state index in [1.807, 2.05) is 6.07 Å². The minimum absolute atomic E-state index is 0.0106. The van der Waals surface area contributed by atoms with Crippen molar-refractivity contribution in [3.63, 3.8) is 0 Å². The van der Waals surface area contributed by atoms with Gasteiger partial charge in [0.2, 0.25) is 11.8 Å². The largest absolute Gasteiger partial charge is 0.496 e. The van der Waals surface area contributed by atoms with Crippen molar-refractivity contribution in [2.75, 3.05) is 37.1 Å². The number of aryl methyl sites for hydroxylation is 2. The fraction of sp³-hybridized carbons (Fsp3) is 0.302. The molecule has 6 aromatic rings. The summed E-state index contributed by atoms with van der Waals surface area (Å²) in [5.41, 5.74) is 1.99. The number of alkyl halides is 2. The molecule has 9 rings (SSSR count). The molecule has 3 amide bonds. The molecule has 0 bridgehead atoms. The number of hydrogen-bond donors (Lipinski definition) is 1. The zero-order chi connectivity index (χ0) is 41.7. The van der Waals surface area contributed by atoms with Crippen LogP contribution in [0.2, 0.25) is 0 Å². The average molecular weight is 804 g/mol. The molecule has 59 heavy (non-hydrogen) atoms. The molecule has 2 fully saturated rings. The second-order valence-corrected chi connectivity index (χ2v) is 15.5. The van der Waals surface area contributed by atoms with E-state index >= 15 is 8.78 Å². The second-order valence-electron chi connectivity index (χ2n) is 15.5. The van der Waals surface area contributed by atoms with Gasteiger partial charge >= 0.3 is 17.5 Å². The van der Waals surface area contributed by atoms with E-state index in [-0.39, 0.29) is 42.1 Å². The van der Waals surface area contributed by atoms with Crippen LogP contribution in [-0.2, 0) is 40.9 Å². The van der Waals surface area contributed by atoms with Gasteiger partial charge in [0.25, 0.3) is 5.56 Å². The number of methoxy groups -OCH3 is 2. The number of nitrogens with zero attached hydrogens (tertiary/aromatic N) is 6. The lowest BCUT2D eigenvalue weighted by molar-refractivity contribution is -0.141. The predicted octanol–water partition coefficient (Wildman–Crippen LogP) is 5.01. The number of ether oxygens (including phenoxy) is 2. The van der Waals surface area contributed by atoms with Crippen LogP contribution >= 0.6 is 0 Å². The van der Waals surface area contributed by atoms with Gasteiger partial charge in [0.15, 0.2) is 0 Å². The summed E-state index contributed by atoms with van der Waals surface area (Å²) in [5.74, 6) is -4.51. The van der Waals surface area contributed by atoms with Gasteiger partial charge in [-0.25, -0.2) is 9.78 Å². The Morgan fingerprint density at radius 3 is 2.31 bits per heavy atom. The molecule has 0 aliphatic carbocycles. The van der Waals surface area contributed by atoms with Gasteiger partial charge in [-0.2, -0.15) is 8.78 Å². The maximum atomic E-state index is 16.1. The van der Waals surface area contributed by atoms with Crippen LogP contribution < -0.4 is 35.8 Å². The van der Waals surface area contributed by atoms with Crippen LogP contribution in [-0.4, -0.2) is 63.7 Å². The van der Waals surface area contributed by atoms with Crippen molar-refractivity contribution in [3.05, 3.63) is 99.0 Å². The Morgan fingerprint density at radius 2 is 1.63 bits per heavy atom. The monoisotopic (exact) mass is 803 g/mol. The molecule has 14 nitrogen and oxygen atoms in total. The molecular formula is C43H39F2N7O7. The number of piperidine rings is 1. The Kier molecular flexibility index (Phi) is 8.72. The van der Waals surface area contributed by atoms with E-state index in [9.17, 15) is 24.0 Å². The Balaban J connectivity index is 1.10. The van der Waals surface area contributed by atoms with Crippen molar-refractivity contribution < 1.29 is 32.6 Å². The molecule has 0 radical (unpaired) electrons. The number of benzene rings is 3. The fourth-order valence-corrected chi connectivity index (χ4v) is 8.73. The summed E-state index contributed by atoms with van der Waals surface area (Å²) in [7, 11) is 6.06. The molecule has 6 heterocycles. The Labute approximate surface area is 335 Å². The SMILES string of the molecule is COc1cc(-c2cn(C)c(=O)c3cnc(N4CC(C)C4)cc23)cc(OC)c1CN1C(=O)C(F)(F)c2cc(-c3cccc4c3n(C)c(=O)n4C3CCC(=O)NC3=O)ccc21. The summed E-state index contributed by atoms with van der Waals surface area (Å²) in [6.07, 6.45) is 3.51. The van der Waals surface area contributed by atoms with Gasteiger partial charge < -0.3 is 23.8 Å². The highest BCUT2D eigenvalue weighted by Crippen LogP contribution is 2.48. The molecule has 2 saturated heterocycles. The van der Waals surface area contributed by atoms with Crippen LogP contribution in [0.3, 0.4) is 0 Å². The fourth-order valence-electron chi connectivity index (χ4n) is 8.73. The van der Waals surface area contributed by atoms with Crippen molar-refractivity contribution in [1.29, 1.82) is 0 Å². The van der Waals surface area contributed by atoms with Crippen LogP contribution in [0.4, 0.5) is 20.3 Å². The molecule has 3 aromatic heterocycles. The normalized spacial score (nSPS) is 17.7. The van der Waals surface area contributed by atoms with Crippen LogP contribution in [0.25, 0.3) is 44.1 Å². The van der Waals surface area contributed by atoms with Crippen molar-refractivity contribution in [3.8, 4) is 33.8 Å². The summed E-state index contributed by atoms with van der Waals surface area (Å²) in [5, 5.41) is 3.39. The average Bonchev–Trinajstić information content (AvgIpc) is 3.57. The van der Waals surface area contributed by atoms with E-state index in [4.69, 9.17) is 9.47 Å². The number of anilines is 2. The number of fused-ring (bicyclic) bond motifs is 3. The number of carbonyl (C=O) groups excluding carboxylic acids is 3. The molecule has 3 aliphatic heterocycles. The van der Waals surface area contributed by atoms with Crippen molar-refractivity contribution >= 4 is 51.0 Å². The molecule has 302 valence electrons. The van der Waals surface area contributed by atoms with Crippen molar-refractivity contribution in [2.24, 2.45) is 20.0 Å². The molecule has 1 N–H and O–H groups in total. The number of nitrogens with one attached hydrogen (secondary N) is 1. The summed E-state index contributed by atoms with van der Waals surface area (Å²) in [6, 6.07) is 13.7. The quantitative estimate of drug-likeness (QED) is 0.210. The van der Waals surface area contributed by atoms with E-state index in [1.54, 1.807) is 55.8 Å². The zero-order valence-electron chi connectivity index (χ0n) is 32.8.